The van der Waals surface area contributed by atoms with Gasteiger partial charge in [-0.25, -0.2) is 0 Å². The lowest BCUT2D eigenvalue weighted by atomic mass is 9.45. The van der Waals surface area contributed by atoms with Crippen molar-refractivity contribution in [3.8, 4) is 5.75 Å². The summed E-state index contributed by atoms with van der Waals surface area (Å²) in [6, 6.07) is 7.87. The molecule has 0 radical (unpaired) electrons. The van der Waals surface area contributed by atoms with Crippen molar-refractivity contribution in [2.24, 2.45) is 57.1 Å². The van der Waals surface area contributed by atoms with Crippen molar-refractivity contribution in [2.75, 3.05) is 13.6 Å². The lowest BCUT2D eigenvalue weighted by molar-refractivity contribution is -0.0829. The first-order valence-electron chi connectivity index (χ1n) is 19.3. The minimum atomic E-state index is -0.685. The van der Waals surface area contributed by atoms with Gasteiger partial charge in [0.1, 0.15) is 5.75 Å². The van der Waals surface area contributed by atoms with Crippen LogP contribution in [0.1, 0.15) is 116 Å². The molecule has 5 saturated carbocycles. The van der Waals surface area contributed by atoms with Crippen molar-refractivity contribution < 1.29 is 20.1 Å². The smallest absolute Gasteiger partial charge is 0.188 e. The van der Waals surface area contributed by atoms with Crippen LogP contribution in [0.15, 0.2) is 41.4 Å². The molecule has 5 aliphatic carbocycles. The molecule has 1 spiro atoms. The Hall–Kier alpha value is -2.09. The molecule has 6 aliphatic rings. The standard InChI is InChI=1S/C41H63N3O4/c1-26-21-40(16-11-28(22-40)12-17-41(47)14-5-6-32(46)23-41)36-39(3,48-36)15-13-34-33(26)24-38(34,2)35-20-29(25-44-37(42)43-4)19-30(35)18-27-7-9-31(45)10-8-27/h7-10,28-30,32-36,45-47H,1,5-6,11-25H2,2-4H3,(H3,42,43,44). The van der Waals surface area contributed by atoms with Gasteiger partial charge >= 0.3 is 0 Å². The minimum absolute atomic E-state index is 0.0309. The highest BCUT2D eigenvalue weighted by molar-refractivity contribution is 5.77. The Kier molecular flexibility index (Phi) is 9.24. The van der Waals surface area contributed by atoms with E-state index in [2.05, 4.69) is 36.3 Å². The predicted octanol–water partition coefficient (Wildman–Crippen LogP) is 6.88. The number of guanidine groups is 1. The van der Waals surface area contributed by atoms with Gasteiger partial charge in [0.25, 0.3) is 0 Å². The van der Waals surface area contributed by atoms with Gasteiger partial charge in [0, 0.05) is 25.4 Å². The molecule has 0 amide bonds. The lowest BCUT2D eigenvalue weighted by Gasteiger charge is -2.59. The number of aliphatic hydroxyl groups excluding tert-OH is 1. The van der Waals surface area contributed by atoms with E-state index < -0.39 is 5.60 Å². The molecule has 12 unspecified atom stereocenters. The van der Waals surface area contributed by atoms with Crippen LogP contribution in [-0.2, 0) is 11.2 Å². The molecular weight excluding hydrogens is 598 g/mol. The number of epoxide rings is 1. The molecule has 1 saturated heterocycles. The Morgan fingerprint density at radius 1 is 1.02 bits per heavy atom. The molecule has 1 aromatic rings. The van der Waals surface area contributed by atoms with Gasteiger partial charge in [0.2, 0.25) is 0 Å². The summed E-state index contributed by atoms with van der Waals surface area (Å²) in [6.45, 7) is 10.7. The number of hydrogen-bond donors (Lipinski definition) is 5. The van der Waals surface area contributed by atoms with Crippen molar-refractivity contribution in [3.63, 3.8) is 0 Å². The number of nitrogens with zero attached hydrogens (tertiary/aromatic N) is 1. The van der Waals surface area contributed by atoms with Crippen LogP contribution in [0.2, 0.25) is 0 Å². The van der Waals surface area contributed by atoms with Gasteiger partial charge in [-0.3, -0.25) is 4.99 Å². The van der Waals surface area contributed by atoms with Gasteiger partial charge in [-0.05, 0) is 162 Å². The zero-order valence-corrected chi connectivity index (χ0v) is 29.9. The van der Waals surface area contributed by atoms with Crippen molar-refractivity contribution in [1.82, 2.24) is 5.32 Å². The average molecular weight is 662 g/mol. The molecule has 266 valence electrons. The Bertz CT molecular complexity index is 1370. The number of fused-ring (bicyclic) bond motifs is 3. The van der Waals surface area contributed by atoms with Crippen LogP contribution in [0.5, 0.6) is 5.75 Å². The molecule has 1 aliphatic heterocycles. The quantitative estimate of drug-likeness (QED) is 0.0896. The molecule has 7 heteroatoms. The van der Waals surface area contributed by atoms with Crippen LogP contribution in [0, 0.1) is 46.3 Å². The summed E-state index contributed by atoms with van der Waals surface area (Å²) in [7, 11) is 1.74. The van der Waals surface area contributed by atoms with Crippen LogP contribution in [-0.4, -0.2) is 58.3 Å². The first-order chi connectivity index (χ1) is 22.8. The molecule has 7 nitrogen and oxygen atoms in total. The molecule has 48 heavy (non-hydrogen) atoms. The van der Waals surface area contributed by atoms with E-state index >= 15 is 0 Å². The largest absolute Gasteiger partial charge is 0.508 e. The zero-order chi connectivity index (χ0) is 33.9. The number of aliphatic imine (C=N–C) groups is 1. The van der Waals surface area contributed by atoms with Gasteiger partial charge in [-0.2, -0.15) is 0 Å². The van der Waals surface area contributed by atoms with E-state index in [4.69, 9.17) is 17.0 Å². The third-order valence-corrected chi connectivity index (χ3v) is 14.9. The van der Waals surface area contributed by atoms with Crippen molar-refractivity contribution >= 4 is 5.96 Å². The van der Waals surface area contributed by atoms with Gasteiger partial charge in [-0.15, -0.1) is 0 Å². The monoisotopic (exact) mass is 661 g/mol. The number of hydrogen-bond acceptors (Lipinski definition) is 5. The third-order valence-electron chi connectivity index (χ3n) is 14.9. The topological polar surface area (TPSA) is 124 Å². The Morgan fingerprint density at radius 3 is 2.56 bits per heavy atom. The summed E-state index contributed by atoms with van der Waals surface area (Å²) in [5, 5.41) is 34.8. The van der Waals surface area contributed by atoms with Crippen molar-refractivity contribution in [1.29, 1.82) is 0 Å². The van der Waals surface area contributed by atoms with E-state index in [-0.39, 0.29) is 22.5 Å². The van der Waals surface area contributed by atoms with Crippen LogP contribution in [0.25, 0.3) is 0 Å². The number of phenols is 1. The number of ether oxygens (including phenoxy) is 1. The van der Waals surface area contributed by atoms with Gasteiger partial charge in [-0.1, -0.05) is 31.2 Å². The normalized spacial score (nSPS) is 45.9. The average Bonchev–Trinajstić information content (AvgIpc) is 3.34. The summed E-state index contributed by atoms with van der Waals surface area (Å²) in [5.74, 6) is 4.48. The minimum Gasteiger partial charge on any atom is -0.508 e. The second-order valence-electron chi connectivity index (χ2n) is 18.2. The van der Waals surface area contributed by atoms with Gasteiger partial charge in [0.05, 0.1) is 23.4 Å². The van der Waals surface area contributed by atoms with Crippen LogP contribution in [0.3, 0.4) is 0 Å². The van der Waals surface area contributed by atoms with E-state index in [1.165, 1.54) is 56.1 Å². The third kappa shape index (κ3) is 6.57. The second kappa shape index (κ2) is 12.9. The van der Waals surface area contributed by atoms with E-state index in [1.54, 1.807) is 7.05 Å². The van der Waals surface area contributed by atoms with Crippen LogP contribution in [0.4, 0.5) is 0 Å². The van der Waals surface area contributed by atoms with Gasteiger partial charge in [0.15, 0.2) is 5.96 Å². The summed E-state index contributed by atoms with van der Waals surface area (Å²) < 4.78 is 6.76. The maximum atomic E-state index is 11.2. The summed E-state index contributed by atoms with van der Waals surface area (Å²) in [4.78, 5) is 4.14. The van der Waals surface area contributed by atoms with Gasteiger partial charge < -0.3 is 31.1 Å². The van der Waals surface area contributed by atoms with E-state index in [0.29, 0.717) is 59.7 Å². The number of rotatable bonds is 8. The first-order valence-corrected chi connectivity index (χ1v) is 19.3. The SMILES string of the molecule is C=C1CC2(CCC(CCC3(O)CCCC(O)C3)C2)C2OC2(C)CCC2C1CC2(C)C1CC(CNC(N)=NC)CC1Cc1ccc(O)cc1. The molecule has 12 atom stereocenters. The number of nitrogens with two attached hydrogens (primary N) is 1. The molecule has 1 aromatic carbocycles. The number of aliphatic hydroxyl groups is 2. The number of aromatic hydroxyl groups is 1. The molecule has 6 fully saturated rings. The van der Waals surface area contributed by atoms with E-state index in [0.717, 1.165) is 57.9 Å². The van der Waals surface area contributed by atoms with Crippen molar-refractivity contribution in [3.05, 3.63) is 42.0 Å². The van der Waals surface area contributed by atoms with E-state index in [1.807, 2.05) is 12.1 Å². The number of benzene rings is 1. The second-order valence-corrected chi connectivity index (χ2v) is 18.2. The fraction of sp³-hybridized carbons (Fsp3) is 0.780. The lowest BCUT2D eigenvalue weighted by Crippen LogP contribution is -2.52. The highest BCUT2D eigenvalue weighted by atomic mass is 16.6. The highest BCUT2D eigenvalue weighted by Gasteiger charge is 2.67. The van der Waals surface area contributed by atoms with Crippen LogP contribution < -0.4 is 11.1 Å². The molecule has 1 heterocycles. The summed E-state index contributed by atoms with van der Waals surface area (Å²) in [6.07, 6.45) is 16.7. The number of nitrogens with one attached hydrogen (secondary N) is 1. The summed E-state index contributed by atoms with van der Waals surface area (Å²) >= 11 is 0. The maximum Gasteiger partial charge on any atom is 0.188 e. The highest BCUT2D eigenvalue weighted by Crippen LogP contribution is 2.69. The number of phenolic OH excluding ortho intramolecular Hbond substituents is 1. The molecule has 0 bridgehead atoms. The first kappa shape index (κ1) is 34.4. The maximum absolute atomic E-state index is 11.2. The molecule has 0 aromatic heterocycles. The predicted molar refractivity (Wildman–Crippen MR) is 191 cm³/mol. The Morgan fingerprint density at radius 2 is 1.81 bits per heavy atom. The molecule has 6 N–H and O–H groups in total. The molecule has 7 rings (SSSR count). The summed E-state index contributed by atoms with van der Waals surface area (Å²) in [5.41, 5.74) is 8.58. The fourth-order valence-electron chi connectivity index (χ4n) is 12.4. The molecular formula is C41H63N3O4. The van der Waals surface area contributed by atoms with E-state index in [9.17, 15) is 15.3 Å². The fourth-order valence-corrected chi connectivity index (χ4v) is 12.4. The van der Waals surface area contributed by atoms with Crippen LogP contribution >= 0.6 is 0 Å². The Balaban J connectivity index is 1.06. The van der Waals surface area contributed by atoms with Crippen molar-refractivity contribution in [2.45, 2.75) is 140 Å². The Labute approximate surface area is 289 Å². The zero-order valence-electron chi connectivity index (χ0n) is 29.9. The number of allylic oxidation sites excluding steroid dienone is 1.